The van der Waals surface area contributed by atoms with Gasteiger partial charge in [-0.05, 0) is 0 Å². The van der Waals surface area contributed by atoms with Gasteiger partial charge in [0.2, 0.25) is 4.91 Å². The van der Waals surface area contributed by atoms with Gasteiger partial charge in [-0.25, -0.2) is 0 Å². The summed E-state index contributed by atoms with van der Waals surface area (Å²) < 4.78 is 57.5. The van der Waals surface area contributed by atoms with Crippen molar-refractivity contribution in [2.24, 2.45) is 0 Å². The topological polar surface area (TPSA) is 116 Å². The molecule has 66 valence electrons. The second-order valence-corrected chi connectivity index (χ2v) is 2.45. The second-order valence-electron chi connectivity index (χ2n) is 1.03. The Morgan fingerprint density at radius 2 is 1.36 bits per heavy atom. The Balaban J connectivity index is 0. The van der Waals surface area contributed by atoms with Gasteiger partial charge in [0, 0.05) is 0 Å². The van der Waals surface area contributed by atoms with Crippen LogP contribution in [0.4, 0.5) is 13.2 Å². The van der Waals surface area contributed by atoms with Crippen LogP contribution in [-0.4, -0.2) is 18.5 Å². The summed E-state index contributed by atoms with van der Waals surface area (Å²) in [5, 5.41) is 0. The lowest BCUT2D eigenvalue weighted by Crippen LogP contribution is -2.21. The minimum absolute atomic E-state index is 2.00. The van der Waals surface area contributed by atoms with Crippen LogP contribution in [0, 0.1) is 11.1 Å². The van der Waals surface area contributed by atoms with Gasteiger partial charge >= 0.3 is 15.6 Å². The van der Waals surface area contributed by atoms with Crippen molar-refractivity contribution in [2.75, 3.05) is 0 Å². The summed E-state index contributed by atoms with van der Waals surface area (Å²) in [5.74, 6) is 0. The van der Waals surface area contributed by atoms with E-state index in [4.69, 9.17) is 24.0 Å². The number of halogens is 3. The molecule has 0 aromatic heterocycles. The molecule has 0 aromatic carbocycles. The zero-order valence-corrected chi connectivity index (χ0v) is 5.57. The zero-order valence-electron chi connectivity index (χ0n) is 4.75. The molecule has 0 aliphatic rings. The van der Waals surface area contributed by atoms with E-state index < -0.39 is 15.6 Å². The molecule has 0 radical (unpaired) electrons. The van der Waals surface area contributed by atoms with Crippen molar-refractivity contribution in [2.45, 2.75) is 5.51 Å². The highest BCUT2D eigenvalue weighted by Gasteiger charge is 2.44. The normalized spacial score (nSPS) is 10.9. The largest absolute Gasteiger partial charge is 0.522 e. The van der Waals surface area contributed by atoms with Crippen molar-refractivity contribution in [1.82, 2.24) is 4.91 Å². The number of rotatable bonds is 0. The smallest absolute Gasteiger partial charge is 0.279 e. The van der Waals surface area contributed by atoms with E-state index in [0.717, 1.165) is 0 Å². The van der Waals surface area contributed by atoms with E-state index in [1.165, 1.54) is 0 Å². The van der Waals surface area contributed by atoms with Gasteiger partial charge in [-0.2, -0.15) is 21.6 Å². The van der Waals surface area contributed by atoms with Crippen LogP contribution in [0.3, 0.4) is 0 Å². The highest BCUT2D eigenvalue weighted by atomic mass is 32.2. The lowest BCUT2D eigenvalue weighted by atomic mass is 11.6. The SMILES string of the molecule is N=[N+]=N.O=S(=O)(O)C(F)(F)F. The molecule has 0 aliphatic heterocycles. The first kappa shape index (κ1) is 12.7. The Morgan fingerprint density at radius 3 is 1.36 bits per heavy atom. The van der Waals surface area contributed by atoms with Crippen molar-refractivity contribution < 1.29 is 26.1 Å². The number of nitrogens with zero attached hydrogens (tertiary/aromatic N) is 1. The van der Waals surface area contributed by atoms with E-state index in [0.29, 0.717) is 0 Å². The van der Waals surface area contributed by atoms with E-state index >= 15 is 0 Å². The summed E-state index contributed by atoms with van der Waals surface area (Å²) >= 11 is 0. The Hall–Kier alpha value is -0.990. The molecule has 0 aromatic rings. The maximum atomic E-state index is 10.7. The molecule has 0 saturated carbocycles. The van der Waals surface area contributed by atoms with Gasteiger partial charge in [-0.15, -0.1) is 0 Å². The monoisotopic (exact) mass is 194 g/mol. The molecule has 11 heavy (non-hydrogen) atoms. The predicted octanol–water partition coefficient (Wildman–Crippen LogP) is 0.510. The number of hydrogen-bond acceptors (Lipinski definition) is 4. The lowest BCUT2D eigenvalue weighted by Gasteiger charge is -1.97. The fourth-order valence-corrected chi connectivity index (χ4v) is 0. The highest BCUT2D eigenvalue weighted by Crippen LogP contribution is 2.20. The Labute approximate surface area is 58.8 Å². The average Bonchev–Trinajstić information content (AvgIpc) is 1.60. The van der Waals surface area contributed by atoms with E-state index in [9.17, 15) is 13.2 Å². The summed E-state index contributed by atoms with van der Waals surface area (Å²) in [5.41, 5.74) is 5.47. The van der Waals surface area contributed by atoms with Crippen molar-refractivity contribution in [1.29, 1.82) is 11.1 Å². The molecule has 6 nitrogen and oxygen atoms in total. The Morgan fingerprint density at radius 1 is 1.27 bits per heavy atom. The standard InChI is InChI=1S/CHF3O3S.H2N3/c2-1(3,4)8(5,6)7;1-3-2/h(H,5,6,7);1-2H/q;+1. The summed E-state index contributed by atoms with van der Waals surface area (Å²) in [6.45, 7) is 0. The fourth-order valence-electron chi connectivity index (χ4n) is 0. The Bertz CT molecular complexity index is 235. The molecule has 0 atom stereocenters. The summed E-state index contributed by atoms with van der Waals surface area (Å²) in [7, 11) is -5.84. The number of alkyl halides is 3. The van der Waals surface area contributed by atoms with Crippen molar-refractivity contribution in [3.63, 3.8) is 0 Å². The number of hydrogen-bond donors (Lipinski definition) is 3. The van der Waals surface area contributed by atoms with Crippen molar-refractivity contribution in [3.05, 3.63) is 0 Å². The third-order valence-corrected chi connectivity index (χ3v) is 0.877. The first-order valence-corrected chi connectivity index (χ1v) is 3.17. The predicted molar refractivity (Wildman–Crippen MR) is 25.2 cm³/mol. The number of nitrogens with one attached hydrogen (secondary N) is 2. The van der Waals surface area contributed by atoms with Crippen molar-refractivity contribution in [3.8, 4) is 0 Å². The molecule has 0 rings (SSSR count). The lowest BCUT2D eigenvalue weighted by molar-refractivity contribution is -0.0510. The first-order chi connectivity index (χ1) is 4.66. The quantitative estimate of drug-likeness (QED) is 0.225. The average molecular weight is 194 g/mol. The van der Waals surface area contributed by atoms with Crippen LogP contribution >= 0.6 is 0 Å². The zero-order chi connectivity index (χ0) is 9.71. The summed E-state index contributed by atoms with van der Waals surface area (Å²) in [6, 6.07) is 0. The molecular formula is CH3F3N3O3S+. The van der Waals surface area contributed by atoms with Gasteiger partial charge < -0.3 is 0 Å². The minimum Gasteiger partial charge on any atom is -0.279 e. The first-order valence-electron chi connectivity index (χ1n) is 1.73. The van der Waals surface area contributed by atoms with Gasteiger partial charge in [0.05, 0.1) is 0 Å². The van der Waals surface area contributed by atoms with Crippen LogP contribution in [0.1, 0.15) is 0 Å². The molecule has 0 bridgehead atoms. The molecule has 10 heteroatoms. The molecule has 0 saturated heterocycles. The molecule has 0 unspecified atom stereocenters. The molecule has 0 spiro atoms. The summed E-state index contributed by atoms with van der Waals surface area (Å²) in [4.78, 5) is 2.00. The van der Waals surface area contributed by atoms with Gasteiger partial charge in [0.1, 0.15) is 11.1 Å². The van der Waals surface area contributed by atoms with Crippen LogP contribution < -0.4 is 4.91 Å². The van der Waals surface area contributed by atoms with Gasteiger partial charge in [-0.3, -0.25) is 4.55 Å². The molecule has 0 aliphatic carbocycles. The third-order valence-electron chi connectivity index (χ3n) is 0.292. The highest BCUT2D eigenvalue weighted by molar-refractivity contribution is 7.86. The van der Waals surface area contributed by atoms with Gasteiger partial charge in [-0.1, -0.05) is 0 Å². The van der Waals surface area contributed by atoms with Gasteiger partial charge in [0.25, 0.3) is 0 Å². The van der Waals surface area contributed by atoms with Crippen LogP contribution in [0.15, 0.2) is 0 Å². The summed E-state index contributed by atoms with van der Waals surface area (Å²) in [6.07, 6.45) is 0. The van der Waals surface area contributed by atoms with Crippen molar-refractivity contribution >= 4 is 10.1 Å². The molecule has 0 heterocycles. The molecule has 0 fully saturated rings. The van der Waals surface area contributed by atoms with Gasteiger partial charge in [0.15, 0.2) is 0 Å². The third kappa shape index (κ3) is 6.90. The van der Waals surface area contributed by atoms with Crippen LogP contribution in [0.5, 0.6) is 0 Å². The van der Waals surface area contributed by atoms with Crippen LogP contribution in [0.2, 0.25) is 0 Å². The fraction of sp³-hybridized carbons (Fsp3) is 1.00. The maximum Gasteiger partial charge on any atom is 0.522 e. The molecule has 0 amide bonds. The van der Waals surface area contributed by atoms with E-state index in [1.807, 2.05) is 4.91 Å². The van der Waals surface area contributed by atoms with E-state index in [-0.39, 0.29) is 0 Å². The van der Waals surface area contributed by atoms with Crippen LogP contribution in [-0.2, 0) is 10.1 Å². The molecule has 3 N–H and O–H groups in total. The van der Waals surface area contributed by atoms with E-state index in [1.54, 1.807) is 0 Å². The Kier molecular flexibility index (Phi) is 4.61. The minimum atomic E-state index is -5.84. The van der Waals surface area contributed by atoms with E-state index in [2.05, 4.69) is 0 Å². The van der Waals surface area contributed by atoms with Crippen LogP contribution in [0.25, 0.3) is 0 Å². The molecular weight excluding hydrogens is 191 g/mol. The maximum absolute atomic E-state index is 10.7. The second kappa shape index (κ2) is 4.01.